The van der Waals surface area contributed by atoms with Crippen LogP contribution in [0.25, 0.3) is 0 Å². The molecular formula is C30H36F3N5O4. The van der Waals surface area contributed by atoms with Crippen LogP contribution in [0.3, 0.4) is 0 Å². The summed E-state index contributed by atoms with van der Waals surface area (Å²) in [7, 11) is 0. The average molecular weight is 588 g/mol. The molecule has 0 aromatic heterocycles. The number of likely N-dealkylation sites (tertiary alicyclic amines) is 1. The molecule has 2 aliphatic carbocycles. The van der Waals surface area contributed by atoms with Gasteiger partial charge in [-0.25, -0.2) is 0 Å². The number of carbonyl (C=O) groups is 4. The molecule has 5 rings (SSSR count). The minimum absolute atomic E-state index is 0.0172. The normalized spacial score (nSPS) is 29.5. The maximum Gasteiger partial charge on any atom is 0.471 e. The number of carbonyl (C=O) groups excluding carboxylic acids is 4. The molecule has 1 aromatic rings. The number of amides is 4. The lowest BCUT2D eigenvalue weighted by atomic mass is 9.78. The number of halogens is 3. The number of nitrogens with zero attached hydrogens (tertiary/aromatic N) is 2. The van der Waals surface area contributed by atoms with E-state index in [-0.39, 0.29) is 36.6 Å². The highest BCUT2D eigenvalue weighted by molar-refractivity contribution is 5.96. The standard InChI is InChI=1S/C30H36F3N5O4/c1-29(2,3)24(37-28(42)30(31,32)33)27(41)38-14-20-15-8-9-17(10-15)22(20)23(38)26(40)35-19(13-34)12-18-11-16-6-4-5-7-21(16)36-25(18)39/h4-7,15,17-20,22-24H,8-12,14H2,1-3H3,(H,35,40)(H,36,39)(H,37,42)/t15?,17?,18?,19-,20?,22?,23?,24+/m0/s1. The molecule has 2 bridgehead atoms. The molecule has 2 aliphatic heterocycles. The van der Waals surface area contributed by atoms with Crippen LogP contribution in [0, 0.1) is 46.3 Å². The fourth-order valence-corrected chi connectivity index (χ4v) is 7.63. The summed E-state index contributed by atoms with van der Waals surface area (Å²) in [6.07, 6.45) is -1.91. The van der Waals surface area contributed by atoms with Crippen molar-refractivity contribution in [3.63, 3.8) is 0 Å². The first-order valence-electron chi connectivity index (χ1n) is 14.5. The molecule has 4 aliphatic rings. The summed E-state index contributed by atoms with van der Waals surface area (Å²) in [5.74, 6) is -3.98. The Morgan fingerprint density at radius 2 is 1.81 bits per heavy atom. The minimum Gasteiger partial charge on any atom is -0.339 e. The van der Waals surface area contributed by atoms with Crippen molar-refractivity contribution in [1.29, 1.82) is 5.26 Å². The van der Waals surface area contributed by atoms with Gasteiger partial charge in [-0.05, 0) is 72.8 Å². The van der Waals surface area contributed by atoms with Gasteiger partial charge in [-0.3, -0.25) is 19.2 Å². The van der Waals surface area contributed by atoms with Gasteiger partial charge >= 0.3 is 12.1 Å². The number of rotatable bonds is 6. The van der Waals surface area contributed by atoms with E-state index in [1.807, 2.05) is 23.5 Å². The van der Waals surface area contributed by atoms with Gasteiger partial charge in [0.15, 0.2) is 0 Å². The molecule has 1 aromatic carbocycles. The lowest BCUT2D eigenvalue weighted by molar-refractivity contribution is -0.176. The van der Waals surface area contributed by atoms with Crippen LogP contribution in [0.4, 0.5) is 18.9 Å². The first-order valence-corrected chi connectivity index (χ1v) is 14.5. The summed E-state index contributed by atoms with van der Waals surface area (Å²) in [4.78, 5) is 53.8. The Morgan fingerprint density at radius 3 is 2.48 bits per heavy atom. The van der Waals surface area contributed by atoms with Gasteiger partial charge in [0.05, 0.1) is 6.07 Å². The molecule has 1 saturated heterocycles. The van der Waals surface area contributed by atoms with Crippen LogP contribution in [0.5, 0.6) is 0 Å². The van der Waals surface area contributed by atoms with Gasteiger partial charge in [0.2, 0.25) is 17.7 Å². The van der Waals surface area contributed by atoms with Gasteiger partial charge in [-0.1, -0.05) is 39.0 Å². The predicted octanol–water partition coefficient (Wildman–Crippen LogP) is 3.16. The van der Waals surface area contributed by atoms with E-state index in [9.17, 15) is 37.6 Å². The molecule has 2 saturated carbocycles. The van der Waals surface area contributed by atoms with Crippen LogP contribution in [-0.2, 0) is 25.6 Å². The van der Waals surface area contributed by atoms with E-state index < -0.39 is 53.4 Å². The van der Waals surface area contributed by atoms with Gasteiger partial charge in [0.25, 0.3) is 0 Å². The molecule has 42 heavy (non-hydrogen) atoms. The SMILES string of the molecule is CC(C)(C)[C@H](NC(=O)C(F)(F)F)C(=O)N1CC2C3CCC(C3)C2C1C(=O)N[C@H](C#N)CC1Cc2ccccc2NC1=O. The molecule has 0 radical (unpaired) electrons. The van der Waals surface area contributed by atoms with Crippen LogP contribution >= 0.6 is 0 Å². The van der Waals surface area contributed by atoms with Crippen molar-refractivity contribution in [1.82, 2.24) is 15.5 Å². The molecule has 3 N–H and O–H groups in total. The quantitative estimate of drug-likeness (QED) is 0.471. The van der Waals surface area contributed by atoms with Gasteiger partial charge in [-0.2, -0.15) is 18.4 Å². The summed E-state index contributed by atoms with van der Waals surface area (Å²) >= 11 is 0. The Balaban J connectivity index is 1.36. The average Bonchev–Trinajstić information content (AvgIpc) is 3.63. The third-order valence-electron chi connectivity index (χ3n) is 9.57. The zero-order valence-electron chi connectivity index (χ0n) is 23.8. The summed E-state index contributed by atoms with van der Waals surface area (Å²) < 4.78 is 39.5. The number of benzene rings is 1. The van der Waals surface area contributed by atoms with Gasteiger partial charge < -0.3 is 20.9 Å². The Kier molecular flexibility index (Phi) is 7.75. The first-order chi connectivity index (χ1) is 19.7. The van der Waals surface area contributed by atoms with Crippen molar-refractivity contribution in [2.45, 2.75) is 77.2 Å². The summed E-state index contributed by atoms with van der Waals surface area (Å²) in [5, 5.41) is 17.4. The number of alkyl halides is 3. The Bertz CT molecular complexity index is 1320. The van der Waals surface area contributed by atoms with Crippen molar-refractivity contribution in [3.05, 3.63) is 29.8 Å². The second kappa shape index (κ2) is 10.9. The highest BCUT2D eigenvalue weighted by Crippen LogP contribution is 2.57. The lowest BCUT2D eigenvalue weighted by Gasteiger charge is -2.37. The molecule has 3 fully saturated rings. The van der Waals surface area contributed by atoms with Crippen LogP contribution in [0.2, 0.25) is 0 Å². The molecule has 8 atom stereocenters. The largest absolute Gasteiger partial charge is 0.471 e. The monoisotopic (exact) mass is 587 g/mol. The summed E-state index contributed by atoms with van der Waals surface area (Å²) in [6.45, 7) is 4.87. The zero-order chi connectivity index (χ0) is 30.6. The molecule has 0 spiro atoms. The fourth-order valence-electron chi connectivity index (χ4n) is 7.63. The van der Waals surface area contributed by atoms with E-state index in [1.165, 1.54) is 4.90 Å². The fraction of sp³-hybridized carbons (Fsp3) is 0.633. The summed E-state index contributed by atoms with van der Waals surface area (Å²) in [5.41, 5.74) is 0.566. The number of hydrogen-bond acceptors (Lipinski definition) is 5. The van der Waals surface area contributed by atoms with Crippen molar-refractivity contribution >= 4 is 29.3 Å². The van der Waals surface area contributed by atoms with Crippen LogP contribution in [0.1, 0.15) is 52.0 Å². The van der Waals surface area contributed by atoms with Gasteiger partial charge in [-0.15, -0.1) is 0 Å². The molecule has 9 nitrogen and oxygen atoms in total. The summed E-state index contributed by atoms with van der Waals surface area (Å²) in [6, 6.07) is 5.92. The van der Waals surface area contributed by atoms with Crippen LogP contribution in [-0.4, -0.2) is 59.4 Å². The van der Waals surface area contributed by atoms with Crippen molar-refractivity contribution in [2.24, 2.45) is 35.0 Å². The number of hydrogen-bond donors (Lipinski definition) is 3. The van der Waals surface area contributed by atoms with Crippen LogP contribution in [0.15, 0.2) is 24.3 Å². The van der Waals surface area contributed by atoms with E-state index in [0.717, 1.165) is 24.8 Å². The number of para-hydroxylation sites is 1. The van der Waals surface area contributed by atoms with Gasteiger partial charge in [0, 0.05) is 18.2 Å². The molecule has 4 amide bonds. The van der Waals surface area contributed by atoms with Crippen molar-refractivity contribution < 1.29 is 32.3 Å². The third kappa shape index (κ3) is 5.57. The van der Waals surface area contributed by atoms with E-state index in [0.29, 0.717) is 18.0 Å². The molecular weight excluding hydrogens is 551 g/mol. The van der Waals surface area contributed by atoms with E-state index >= 15 is 0 Å². The third-order valence-corrected chi connectivity index (χ3v) is 9.57. The highest BCUT2D eigenvalue weighted by Gasteiger charge is 2.60. The minimum atomic E-state index is -5.17. The predicted molar refractivity (Wildman–Crippen MR) is 145 cm³/mol. The molecule has 6 unspecified atom stereocenters. The van der Waals surface area contributed by atoms with Crippen molar-refractivity contribution in [3.8, 4) is 6.07 Å². The molecule has 12 heteroatoms. The smallest absolute Gasteiger partial charge is 0.339 e. The number of anilines is 1. The zero-order valence-corrected chi connectivity index (χ0v) is 23.8. The van der Waals surface area contributed by atoms with E-state index in [2.05, 4.69) is 16.7 Å². The topological polar surface area (TPSA) is 131 Å². The van der Waals surface area contributed by atoms with E-state index in [4.69, 9.17) is 0 Å². The Morgan fingerprint density at radius 1 is 1.12 bits per heavy atom. The highest BCUT2D eigenvalue weighted by atomic mass is 19.4. The first kappa shape index (κ1) is 29.9. The van der Waals surface area contributed by atoms with E-state index in [1.54, 1.807) is 26.8 Å². The molecule has 2 heterocycles. The van der Waals surface area contributed by atoms with Crippen molar-refractivity contribution in [2.75, 3.05) is 11.9 Å². The van der Waals surface area contributed by atoms with Crippen LogP contribution < -0.4 is 16.0 Å². The Labute approximate surface area is 242 Å². The van der Waals surface area contributed by atoms with Gasteiger partial charge in [0.1, 0.15) is 18.1 Å². The maximum absolute atomic E-state index is 13.9. The Hall–Kier alpha value is -3.62. The molecule has 226 valence electrons. The maximum atomic E-state index is 13.9. The number of fused-ring (bicyclic) bond motifs is 6. The second-order valence-electron chi connectivity index (χ2n) is 13.3. The number of nitriles is 1. The second-order valence-corrected chi connectivity index (χ2v) is 13.3. The number of nitrogens with one attached hydrogen (secondary N) is 3. The lowest BCUT2D eigenvalue weighted by Crippen LogP contribution is -2.60.